The van der Waals surface area contributed by atoms with E-state index in [-0.39, 0.29) is 37.7 Å². The minimum absolute atomic E-state index is 0.0110. The predicted octanol–water partition coefficient (Wildman–Crippen LogP) is 3.87. The Hall–Kier alpha value is -3.34. The third-order valence-corrected chi connectivity index (χ3v) is 7.31. The molecule has 0 spiro atoms. The van der Waals surface area contributed by atoms with Crippen molar-refractivity contribution >= 4 is 27.5 Å². The van der Waals surface area contributed by atoms with Crippen LogP contribution in [0.25, 0.3) is 0 Å². The van der Waals surface area contributed by atoms with Gasteiger partial charge in [-0.25, -0.2) is 12.8 Å². The van der Waals surface area contributed by atoms with Crippen molar-refractivity contribution in [3.63, 3.8) is 0 Å². The van der Waals surface area contributed by atoms with Crippen LogP contribution >= 0.6 is 0 Å². The van der Waals surface area contributed by atoms with E-state index in [1.165, 1.54) is 21.3 Å². The van der Waals surface area contributed by atoms with Crippen molar-refractivity contribution < 1.29 is 31.9 Å². The van der Waals surface area contributed by atoms with Gasteiger partial charge in [-0.1, -0.05) is 19.1 Å². The van der Waals surface area contributed by atoms with Gasteiger partial charge in [-0.15, -0.1) is 0 Å². The summed E-state index contributed by atoms with van der Waals surface area (Å²) in [5, 5.41) is 2.94. The smallest absolute Gasteiger partial charge is 0.243 e. The zero-order valence-electron chi connectivity index (χ0n) is 23.2. The number of carbonyl (C=O) groups excluding carboxylic acids is 2. The molecule has 0 fully saturated rings. The normalized spacial score (nSPS) is 13.9. The van der Waals surface area contributed by atoms with Gasteiger partial charge in [0.2, 0.25) is 21.8 Å². The first-order valence-electron chi connectivity index (χ1n) is 13.0. The predicted molar refractivity (Wildman–Crippen MR) is 148 cm³/mol. The van der Waals surface area contributed by atoms with E-state index in [0.717, 1.165) is 6.26 Å². The fraction of sp³-hybridized carbons (Fsp3) is 0.500. The lowest BCUT2D eigenvalue weighted by molar-refractivity contribution is -0.142. The maximum absolute atomic E-state index is 13.5. The van der Waals surface area contributed by atoms with Crippen LogP contribution in [0.3, 0.4) is 0 Å². The van der Waals surface area contributed by atoms with Gasteiger partial charge in [0, 0.05) is 31.1 Å². The summed E-state index contributed by atoms with van der Waals surface area (Å²) in [6, 6.07) is 9.96. The Kier molecular flexibility index (Phi) is 9.82. The molecule has 0 aliphatic carbocycles. The highest BCUT2D eigenvalue weighted by atomic mass is 32.2. The van der Waals surface area contributed by atoms with Gasteiger partial charge in [0.25, 0.3) is 0 Å². The number of amides is 2. The molecule has 0 aromatic heterocycles. The Balaban J connectivity index is 1.78. The number of halogens is 1. The van der Waals surface area contributed by atoms with Crippen LogP contribution in [-0.4, -0.2) is 62.7 Å². The maximum atomic E-state index is 13.5. The van der Waals surface area contributed by atoms with Gasteiger partial charge in [0.05, 0.1) is 11.9 Å². The van der Waals surface area contributed by atoms with Crippen LogP contribution in [0, 0.1) is 5.82 Å². The Morgan fingerprint density at radius 1 is 1.05 bits per heavy atom. The molecular weight excluding hydrogens is 525 g/mol. The van der Waals surface area contributed by atoms with E-state index in [2.05, 4.69) is 5.32 Å². The van der Waals surface area contributed by atoms with E-state index in [0.29, 0.717) is 42.4 Å². The molecule has 1 atom stereocenters. The number of hydrogen-bond donors (Lipinski definition) is 1. The molecule has 11 heteroatoms. The van der Waals surface area contributed by atoms with Gasteiger partial charge in [-0.05, 0) is 63.4 Å². The highest BCUT2D eigenvalue weighted by Crippen LogP contribution is 2.34. The van der Waals surface area contributed by atoms with Crippen molar-refractivity contribution in [1.29, 1.82) is 0 Å². The summed E-state index contributed by atoms with van der Waals surface area (Å²) in [4.78, 5) is 28.1. The second-order valence-corrected chi connectivity index (χ2v) is 12.5. The fourth-order valence-corrected chi connectivity index (χ4v) is 5.31. The number of hydrogen-bond acceptors (Lipinski definition) is 6. The van der Waals surface area contributed by atoms with Crippen LogP contribution in [0.2, 0.25) is 0 Å². The lowest BCUT2D eigenvalue weighted by atomic mass is 10.0. The summed E-state index contributed by atoms with van der Waals surface area (Å²) in [7, 11) is -3.66. The molecular formula is C28H38FN3O6S. The molecule has 0 saturated carbocycles. The van der Waals surface area contributed by atoms with Gasteiger partial charge in [0.1, 0.15) is 25.1 Å². The first-order chi connectivity index (χ1) is 18.3. The van der Waals surface area contributed by atoms with Gasteiger partial charge in [-0.2, -0.15) is 0 Å². The third kappa shape index (κ3) is 8.58. The fourth-order valence-electron chi connectivity index (χ4n) is 4.35. The van der Waals surface area contributed by atoms with E-state index in [1.54, 1.807) is 30.3 Å². The first kappa shape index (κ1) is 30.2. The molecule has 2 amide bonds. The topological polar surface area (TPSA) is 105 Å². The SMILES string of the molecule is CC[C@H](C(=O)NC(C)(C)C)N(Cc1ccc(F)cc1)C(=O)CCCN(c1ccc2c(c1)OCCO2)S(C)(=O)=O. The number of nitrogens with zero attached hydrogens (tertiary/aromatic N) is 2. The number of benzene rings is 2. The summed E-state index contributed by atoms with van der Waals surface area (Å²) in [5.41, 5.74) is 0.600. The monoisotopic (exact) mass is 563 g/mol. The number of fused-ring (bicyclic) bond motifs is 1. The van der Waals surface area contributed by atoms with E-state index in [4.69, 9.17) is 9.47 Å². The zero-order chi connectivity index (χ0) is 28.8. The zero-order valence-corrected chi connectivity index (χ0v) is 24.0. The molecule has 2 aromatic carbocycles. The van der Waals surface area contributed by atoms with Crippen molar-refractivity contribution in [3.8, 4) is 11.5 Å². The Morgan fingerprint density at radius 3 is 2.28 bits per heavy atom. The molecule has 2 aromatic rings. The molecule has 0 bridgehead atoms. The molecule has 1 N–H and O–H groups in total. The average Bonchev–Trinajstić information content (AvgIpc) is 2.85. The Labute approximate surface area is 230 Å². The molecule has 1 aliphatic heterocycles. The first-order valence-corrected chi connectivity index (χ1v) is 14.9. The molecule has 0 radical (unpaired) electrons. The summed E-state index contributed by atoms with van der Waals surface area (Å²) >= 11 is 0. The van der Waals surface area contributed by atoms with E-state index in [1.807, 2.05) is 27.7 Å². The minimum Gasteiger partial charge on any atom is -0.486 e. The van der Waals surface area contributed by atoms with Crippen LogP contribution in [0.15, 0.2) is 42.5 Å². The number of sulfonamides is 1. The van der Waals surface area contributed by atoms with Crippen molar-refractivity contribution in [2.75, 3.05) is 30.3 Å². The van der Waals surface area contributed by atoms with Gasteiger partial charge >= 0.3 is 0 Å². The number of carbonyl (C=O) groups is 2. The van der Waals surface area contributed by atoms with Crippen LogP contribution < -0.4 is 19.1 Å². The number of anilines is 1. The van der Waals surface area contributed by atoms with Gasteiger partial charge in [-0.3, -0.25) is 13.9 Å². The average molecular weight is 564 g/mol. The molecule has 3 rings (SSSR count). The van der Waals surface area contributed by atoms with Crippen LogP contribution in [0.4, 0.5) is 10.1 Å². The molecule has 214 valence electrons. The van der Waals surface area contributed by atoms with Crippen molar-refractivity contribution in [3.05, 3.63) is 53.8 Å². The molecule has 0 saturated heterocycles. The van der Waals surface area contributed by atoms with Crippen molar-refractivity contribution in [2.45, 2.75) is 65.1 Å². The summed E-state index contributed by atoms with van der Waals surface area (Å²) in [6.45, 7) is 8.38. The largest absolute Gasteiger partial charge is 0.486 e. The molecule has 9 nitrogen and oxygen atoms in total. The molecule has 0 unspecified atom stereocenters. The van der Waals surface area contributed by atoms with Crippen molar-refractivity contribution in [1.82, 2.24) is 10.2 Å². The highest BCUT2D eigenvalue weighted by Gasteiger charge is 2.31. The highest BCUT2D eigenvalue weighted by molar-refractivity contribution is 7.92. The van der Waals surface area contributed by atoms with E-state index in [9.17, 15) is 22.4 Å². The van der Waals surface area contributed by atoms with E-state index < -0.39 is 27.4 Å². The van der Waals surface area contributed by atoms with Crippen LogP contribution in [0.1, 0.15) is 52.5 Å². The second-order valence-electron chi connectivity index (χ2n) is 10.6. The summed E-state index contributed by atoms with van der Waals surface area (Å²) in [5.74, 6) is 0.0308. The number of rotatable bonds is 11. The maximum Gasteiger partial charge on any atom is 0.243 e. The van der Waals surface area contributed by atoms with Gasteiger partial charge < -0.3 is 19.7 Å². The molecule has 1 aliphatic rings. The summed E-state index contributed by atoms with van der Waals surface area (Å²) in [6.07, 6.45) is 1.71. The lowest BCUT2D eigenvalue weighted by Crippen LogP contribution is -2.53. The number of nitrogens with one attached hydrogen (secondary N) is 1. The summed E-state index contributed by atoms with van der Waals surface area (Å²) < 4.78 is 51.1. The third-order valence-electron chi connectivity index (χ3n) is 6.12. The van der Waals surface area contributed by atoms with Crippen LogP contribution in [-0.2, 0) is 26.2 Å². The van der Waals surface area contributed by atoms with Crippen molar-refractivity contribution in [2.24, 2.45) is 0 Å². The Bertz CT molecular complexity index is 1260. The van der Waals surface area contributed by atoms with Gasteiger partial charge in [0.15, 0.2) is 11.5 Å². The Morgan fingerprint density at radius 2 is 1.69 bits per heavy atom. The molecule has 39 heavy (non-hydrogen) atoms. The molecule has 1 heterocycles. The van der Waals surface area contributed by atoms with Crippen LogP contribution in [0.5, 0.6) is 11.5 Å². The minimum atomic E-state index is -3.66. The quantitative estimate of drug-likeness (QED) is 0.445. The number of ether oxygens (including phenoxy) is 2. The van der Waals surface area contributed by atoms with E-state index >= 15 is 0 Å². The second kappa shape index (κ2) is 12.7. The lowest BCUT2D eigenvalue weighted by Gasteiger charge is -2.33. The standard InChI is InChI=1S/C28H38FN3O6S/c1-6-23(27(34)30-28(2,3)4)31(19-20-9-11-21(29)12-10-20)26(33)8-7-15-32(39(5,35)36)22-13-14-24-25(18-22)38-17-16-37-24/h9-14,18,23H,6-8,15-17,19H2,1-5H3,(H,30,34)/t23-/m1/s1.